The predicted octanol–water partition coefficient (Wildman–Crippen LogP) is 8.95. The number of carbonyl (C=O) groups excluding carboxylic acids is 4. The molecule has 1 fully saturated rings. The van der Waals surface area contributed by atoms with Crippen molar-refractivity contribution in [3.8, 4) is 23.0 Å². The Kier molecular flexibility index (Phi) is 11.7. The van der Waals surface area contributed by atoms with Gasteiger partial charge in [0.15, 0.2) is 0 Å². The molecule has 0 spiro atoms. The average molecular weight is 709 g/mol. The zero-order valence-corrected chi connectivity index (χ0v) is 30.3. The minimum atomic E-state index is -0.775. The molecule has 4 aromatic rings. The van der Waals surface area contributed by atoms with Gasteiger partial charge in [0, 0.05) is 10.8 Å². The molecule has 10 heteroatoms. The summed E-state index contributed by atoms with van der Waals surface area (Å²) in [5.41, 5.74) is 3.33. The number of benzene rings is 4. The summed E-state index contributed by atoms with van der Waals surface area (Å²) in [4.78, 5) is 48.9. The van der Waals surface area contributed by atoms with Crippen molar-refractivity contribution >= 4 is 24.2 Å². The molecule has 0 bridgehead atoms. The van der Waals surface area contributed by atoms with E-state index in [2.05, 4.69) is 37.2 Å². The van der Waals surface area contributed by atoms with Crippen LogP contribution in [0.2, 0.25) is 0 Å². The lowest BCUT2D eigenvalue weighted by Gasteiger charge is -2.27. The number of esters is 2. The van der Waals surface area contributed by atoms with Crippen LogP contribution in [0.25, 0.3) is 0 Å². The van der Waals surface area contributed by atoms with Gasteiger partial charge in [-0.2, -0.15) is 0 Å². The van der Waals surface area contributed by atoms with Gasteiger partial charge in [0.05, 0.1) is 26.1 Å². The highest BCUT2D eigenvalue weighted by atomic mass is 16.7. The first kappa shape index (κ1) is 37.6. The summed E-state index contributed by atoms with van der Waals surface area (Å²) in [6, 6.07) is 29.3. The molecule has 1 aliphatic carbocycles. The average Bonchev–Trinajstić information content (AvgIpc) is 3.15. The van der Waals surface area contributed by atoms with E-state index >= 15 is 0 Å². The van der Waals surface area contributed by atoms with Gasteiger partial charge < -0.3 is 28.4 Å². The van der Waals surface area contributed by atoms with E-state index in [1.807, 2.05) is 48.5 Å². The Bertz CT molecular complexity index is 1710. The SMILES string of the molecule is COC(=O)Oc1ccc(C(C)(C)c2ccc(OC(=O)C3CCC(C(=O)Oc4ccc(C(C)(C)c5ccc(OC(=O)OC)cc5)cc4)CC3)cc2)cc1. The fourth-order valence-corrected chi connectivity index (χ4v) is 6.33. The zero-order chi connectivity index (χ0) is 37.5. The first-order chi connectivity index (χ1) is 24.8. The minimum Gasteiger partial charge on any atom is -0.437 e. The van der Waals surface area contributed by atoms with Crippen LogP contribution in [0.3, 0.4) is 0 Å². The molecule has 0 aromatic heterocycles. The fourth-order valence-electron chi connectivity index (χ4n) is 6.33. The van der Waals surface area contributed by atoms with Crippen molar-refractivity contribution in [1.29, 1.82) is 0 Å². The molecule has 5 rings (SSSR count). The van der Waals surface area contributed by atoms with Crippen LogP contribution in [0.15, 0.2) is 97.1 Å². The largest absolute Gasteiger partial charge is 0.513 e. The molecule has 52 heavy (non-hydrogen) atoms. The summed E-state index contributed by atoms with van der Waals surface area (Å²) >= 11 is 0. The number of hydrogen-bond donors (Lipinski definition) is 0. The third-order valence-corrected chi connectivity index (χ3v) is 9.87. The van der Waals surface area contributed by atoms with Crippen LogP contribution in [-0.2, 0) is 29.9 Å². The third kappa shape index (κ3) is 8.98. The van der Waals surface area contributed by atoms with Gasteiger partial charge in [0.2, 0.25) is 0 Å². The van der Waals surface area contributed by atoms with E-state index in [0.29, 0.717) is 48.7 Å². The Labute approximate surface area is 303 Å². The second-order valence-corrected chi connectivity index (χ2v) is 13.9. The van der Waals surface area contributed by atoms with E-state index in [4.69, 9.17) is 18.9 Å². The van der Waals surface area contributed by atoms with Crippen LogP contribution in [0.1, 0.15) is 75.6 Å². The predicted molar refractivity (Wildman–Crippen MR) is 193 cm³/mol. The quantitative estimate of drug-likeness (QED) is 0.0896. The molecule has 0 unspecified atom stereocenters. The summed E-state index contributed by atoms with van der Waals surface area (Å²) in [5, 5.41) is 0. The molecule has 0 radical (unpaired) electrons. The smallest absolute Gasteiger partial charge is 0.437 e. The van der Waals surface area contributed by atoms with Crippen molar-refractivity contribution in [2.75, 3.05) is 14.2 Å². The molecule has 1 aliphatic rings. The standard InChI is InChI=1S/C42H44O10/c1-41(2,31-15-23-35(24-16-31)51-39(45)47-5)29-11-19-33(20-12-29)49-37(43)27-7-9-28(10-8-27)38(44)50-34-21-13-30(14-22-34)42(3,4)32-17-25-36(26-18-32)52-40(46)48-6/h11-28H,7-10H2,1-6H3. The molecule has 0 heterocycles. The summed E-state index contributed by atoms with van der Waals surface area (Å²) in [5.74, 6) is 0.505. The highest BCUT2D eigenvalue weighted by Gasteiger charge is 2.33. The number of hydrogen-bond acceptors (Lipinski definition) is 10. The lowest BCUT2D eigenvalue weighted by Crippen LogP contribution is -2.30. The van der Waals surface area contributed by atoms with Gasteiger partial charge in [0.1, 0.15) is 23.0 Å². The molecule has 1 saturated carbocycles. The van der Waals surface area contributed by atoms with Crippen LogP contribution in [0, 0.1) is 11.8 Å². The van der Waals surface area contributed by atoms with Gasteiger partial charge in [-0.25, -0.2) is 9.59 Å². The van der Waals surface area contributed by atoms with E-state index in [9.17, 15) is 19.2 Å². The molecule has 4 aromatic carbocycles. The van der Waals surface area contributed by atoms with Crippen LogP contribution in [0.4, 0.5) is 9.59 Å². The monoisotopic (exact) mass is 708 g/mol. The maximum atomic E-state index is 13.0. The summed E-state index contributed by atoms with van der Waals surface area (Å²) in [7, 11) is 2.51. The Morgan fingerprint density at radius 1 is 0.423 bits per heavy atom. The van der Waals surface area contributed by atoms with E-state index in [-0.39, 0.29) is 34.6 Å². The van der Waals surface area contributed by atoms with Crippen molar-refractivity contribution < 1.29 is 47.6 Å². The first-order valence-corrected chi connectivity index (χ1v) is 17.2. The van der Waals surface area contributed by atoms with Gasteiger partial charge >= 0.3 is 24.2 Å². The Morgan fingerprint density at radius 2 is 0.654 bits per heavy atom. The van der Waals surface area contributed by atoms with Gasteiger partial charge in [0.25, 0.3) is 0 Å². The number of rotatable bonds is 10. The minimum absolute atomic E-state index is 0.298. The maximum absolute atomic E-state index is 13.0. The van der Waals surface area contributed by atoms with Crippen LogP contribution < -0.4 is 18.9 Å². The van der Waals surface area contributed by atoms with Crippen molar-refractivity contribution in [2.45, 2.75) is 64.2 Å². The molecule has 0 N–H and O–H groups in total. The zero-order valence-electron chi connectivity index (χ0n) is 30.3. The highest BCUT2D eigenvalue weighted by molar-refractivity contribution is 5.78. The first-order valence-electron chi connectivity index (χ1n) is 17.2. The summed E-state index contributed by atoms with van der Waals surface area (Å²) < 4.78 is 30.7. The molecule has 0 amide bonds. The lowest BCUT2D eigenvalue weighted by molar-refractivity contribution is -0.145. The van der Waals surface area contributed by atoms with Crippen LogP contribution in [0.5, 0.6) is 23.0 Å². The number of carbonyl (C=O) groups is 4. The Balaban J connectivity index is 1.09. The fraction of sp³-hybridized carbons (Fsp3) is 0.333. The van der Waals surface area contributed by atoms with Crippen molar-refractivity contribution in [2.24, 2.45) is 11.8 Å². The van der Waals surface area contributed by atoms with E-state index in [1.54, 1.807) is 48.5 Å². The molecule has 0 atom stereocenters. The molecular weight excluding hydrogens is 664 g/mol. The van der Waals surface area contributed by atoms with Crippen molar-refractivity contribution in [1.82, 2.24) is 0 Å². The normalized spacial score (nSPS) is 15.9. The second kappa shape index (κ2) is 16.1. The number of ether oxygens (including phenoxy) is 6. The van der Waals surface area contributed by atoms with Crippen LogP contribution >= 0.6 is 0 Å². The van der Waals surface area contributed by atoms with Crippen LogP contribution in [-0.4, -0.2) is 38.5 Å². The van der Waals surface area contributed by atoms with E-state index < -0.39 is 12.3 Å². The highest BCUT2D eigenvalue weighted by Crippen LogP contribution is 2.36. The molecule has 0 aliphatic heterocycles. The van der Waals surface area contributed by atoms with Crippen molar-refractivity contribution in [3.63, 3.8) is 0 Å². The third-order valence-electron chi connectivity index (χ3n) is 9.87. The Morgan fingerprint density at radius 3 is 0.885 bits per heavy atom. The second-order valence-electron chi connectivity index (χ2n) is 13.9. The maximum Gasteiger partial charge on any atom is 0.513 e. The molecular formula is C42H44O10. The molecule has 10 nitrogen and oxygen atoms in total. The van der Waals surface area contributed by atoms with Gasteiger partial charge in [-0.15, -0.1) is 0 Å². The van der Waals surface area contributed by atoms with Crippen molar-refractivity contribution in [3.05, 3.63) is 119 Å². The van der Waals surface area contributed by atoms with Gasteiger partial charge in [-0.3, -0.25) is 9.59 Å². The number of methoxy groups -OCH3 is 2. The van der Waals surface area contributed by atoms with E-state index in [1.165, 1.54) is 14.2 Å². The summed E-state index contributed by atoms with van der Waals surface area (Å²) in [6.45, 7) is 8.33. The Hall–Kier alpha value is -5.64. The van der Waals surface area contributed by atoms with Gasteiger partial charge in [-0.05, 0) is 96.5 Å². The summed E-state index contributed by atoms with van der Waals surface area (Å²) in [6.07, 6.45) is 0.601. The molecule has 0 saturated heterocycles. The topological polar surface area (TPSA) is 124 Å². The molecule has 272 valence electrons. The van der Waals surface area contributed by atoms with Gasteiger partial charge in [-0.1, -0.05) is 76.2 Å². The lowest BCUT2D eigenvalue weighted by atomic mass is 9.78. The van der Waals surface area contributed by atoms with E-state index in [0.717, 1.165) is 22.3 Å².